The molecule has 0 aromatic rings. The number of hydrogen-bond donors (Lipinski definition) is 2. The number of carbonyl (C=O) groups excluding carboxylic acids is 1. The Balaban J connectivity index is 3.11. The molecule has 0 amide bonds. The highest BCUT2D eigenvalue weighted by molar-refractivity contribution is 6.49. The van der Waals surface area contributed by atoms with Crippen molar-refractivity contribution in [2.75, 3.05) is 0 Å². The summed E-state index contributed by atoms with van der Waals surface area (Å²) in [5.74, 6) is -0.272. The second-order valence-corrected chi connectivity index (χ2v) is 2.15. The van der Waals surface area contributed by atoms with Crippen LogP contribution in [-0.4, -0.2) is 11.5 Å². The van der Waals surface area contributed by atoms with Gasteiger partial charge in [0.1, 0.15) is 5.71 Å². The molecule has 1 rings (SSSR count). The summed E-state index contributed by atoms with van der Waals surface area (Å²) in [5, 5.41) is 7.19. The van der Waals surface area contributed by atoms with Gasteiger partial charge in [-0.1, -0.05) is 0 Å². The summed E-state index contributed by atoms with van der Waals surface area (Å²) in [6, 6.07) is 0. The Bertz CT molecular complexity index is 261. The van der Waals surface area contributed by atoms with Gasteiger partial charge in [-0.3, -0.25) is 10.2 Å². The minimum atomic E-state index is -0.272. The number of allylic oxidation sites excluding steroid dienone is 3. The largest absolute Gasteiger partial charge is 0.398 e. The normalized spacial score (nSPS) is 18.5. The van der Waals surface area contributed by atoms with Gasteiger partial charge >= 0.3 is 0 Å². The molecule has 0 aromatic heterocycles. The third kappa shape index (κ3) is 0.857. The molecule has 3 N–H and O–H groups in total. The molecule has 1 aliphatic rings. The van der Waals surface area contributed by atoms with Gasteiger partial charge in [0.15, 0.2) is 0 Å². The van der Waals surface area contributed by atoms with E-state index in [4.69, 9.17) is 11.1 Å². The molecule has 0 bridgehead atoms. The Morgan fingerprint density at radius 1 is 1.50 bits per heavy atom. The molecule has 0 heterocycles. The van der Waals surface area contributed by atoms with E-state index in [1.807, 2.05) is 0 Å². The van der Waals surface area contributed by atoms with Crippen LogP contribution < -0.4 is 5.73 Å². The van der Waals surface area contributed by atoms with Crippen LogP contribution in [0, 0.1) is 5.41 Å². The molecule has 0 radical (unpaired) electrons. The summed E-state index contributed by atoms with van der Waals surface area (Å²) in [6.07, 6.45) is 2.83. The number of hydrogen-bond acceptors (Lipinski definition) is 3. The molecule has 0 unspecified atom stereocenters. The Labute approximate surface area is 58.7 Å². The molecule has 3 nitrogen and oxygen atoms in total. The fourth-order valence-electron chi connectivity index (χ4n) is 0.703. The van der Waals surface area contributed by atoms with Gasteiger partial charge < -0.3 is 5.73 Å². The van der Waals surface area contributed by atoms with Gasteiger partial charge in [-0.05, 0) is 19.1 Å². The predicted octanol–water partition coefficient (Wildman–Crippen LogP) is 0.378. The molecule has 10 heavy (non-hydrogen) atoms. The standard InChI is InChI=1S/C7H8N2O/c1-4-5(8)2-3-6(10)7(4)9/h2-3,9H,8H2,1H3. The van der Waals surface area contributed by atoms with Crippen LogP contribution in [0.1, 0.15) is 6.92 Å². The first-order valence-electron chi connectivity index (χ1n) is 2.90. The summed E-state index contributed by atoms with van der Waals surface area (Å²) in [4.78, 5) is 10.7. The maximum absolute atomic E-state index is 10.7. The summed E-state index contributed by atoms with van der Waals surface area (Å²) < 4.78 is 0. The highest BCUT2D eigenvalue weighted by Gasteiger charge is 2.13. The van der Waals surface area contributed by atoms with Crippen molar-refractivity contribution in [1.82, 2.24) is 0 Å². The minimum absolute atomic E-state index is 0.000000000000000222. The predicted molar refractivity (Wildman–Crippen MR) is 38.8 cm³/mol. The second-order valence-electron chi connectivity index (χ2n) is 2.15. The molecule has 3 heteroatoms. The Kier molecular flexibility index (Phi) is 1.41. The minimum Gasteiger partial charge on any atom is -0.398 e. The average molecular weight is 136 g/mol. The molecular formula is C7H8N2O. The third-order valence-electron chi connectivity index (χ3n) is 1.47. The molecule has 0 aromatic carbocycles. The SMILES string of the molecule is CC1=C(N)C=CC(=O)C1=N. The first-order chi connectivity index (χ1) is 4.63. The summed E-state index contributed by atoms with van der Waals surface area (Å²) in [7, 11) is 0. The van der Waals surface area contributed by atoms with Crippen LogP contribution in [0.5, 0.6) is 0 Å². The van der Waals surface area contributed by atoms with Crippen LogP contribution in [-0.2, 0) is 4.79 Å². The zero-order chi connectivity index (χ0) is 7.72. The number of nitrogens with one attached hydrogen (secondary N) is 1. The molecule has 0 fully saturated rings. The Hall–Kier alpha value is -1.38. The topological polar surface area (TPSA) is 66.9 Å². The maximum Gasteiger partial charge on any atom is 0.203 e. The number of carbonyl (C=O) groups is 1. The lowest BCUT2D eigenvalue weighted by Crippen LogP contribution is -2.18. The van der Waals surface area contributed by atoms with Gasteiger partial charge in [0.05, 0.1) is 0 Å². The van der Waals surface area contributed by atoms with E-state index in [1.54, 1.807) is 6.92 Å². The van der Waals surface area contributed by atoms with E-state index in [9.17, 15) is 4.79 Å². The number of nitrogens with two attached hydrogens (primary N) is 1. The molecular weight excluding hydrogens is 128 g/mol. The van der Waals surface area contributed by atoms with Crippen LogP contribution in [0.2, 0.25) is 0 Å². The summed E-state index contributed by atoms with van der Waals surface area (Å²) in [6.45, 7) is 1.67. The summed E-state index contributed by atoms with van der Waals surface area (Å²) in [5.41, 5.74) is 6.50. The lowest BCUT2D eigenvalue weighted by molar-refractivity contribution is -0.108. The van der Waals surface area contributed by atoms with Crippen molar-refractivity contribution in [3.63, 3.8) is 0 Å². The van der Waals surface area contributed by atoms with Gasteiger partial charge in [0, 0.05) is 11.3 Å². The van der Waals surface area contributed by atoms with Crippen LogP contribution in [0.3, 0.4) is 0 Å². The monoisotopic (exact) mass is 136 g/mol. The van der Waals surface area contributed by atoms with Crippen molar-refractivity contribution in [3.05, 3.63) is 23.4 Å². The molecule has 0 aliphatic heterocycles. The van der Waals surface area contributed by atoms with E-state index in [0.29, 0.717) is 11.3 Å². The molecule has 0 spiro atoms. The van der Waals surface area contributed by atoms with Crippen LogP contribution in [0.25, 0.3) is 0 Å². The molecule has 1 aliphatic carbocycles. The van der Waals surface area contributed by atoms with Crippen molar-refractivity contribution < 1.29 is 4.79 Å². The lowest BCUT2D eigenvalue weighted by Gasteiger charge is -2.07. The highest BCUT2D eigenvalue weighted by Crippen LogP contribution is 2.07. The van der Waals surface area contributed by atoms with Crippen LogP contribution >= 0.6 is 0 Å². The molecule has 52 valence electrons. The van der Waals surface area contributed by atoms with Crippen molar-refractivity contribution in [1.29, 1.82) is 5.41 Å². The average Bonchev–Trinajstić information content (AvgIpc) is 1.93. The van der Waals surface area contributed by atoms with E-state index in [1.165, 1.54) is 12.2 Å². The van der Waals surface area contributed by atoms with Gasteiger partial charge in [-0.2, -0.15) is 0 Å². The van der Waals surface area contributed by atoms with Crippen molar-refractivity contribution in [2.45, 2.75) is 6.92 Å². The smallest absolute Gasteiger partial charge is 0.203 e. The molecule has 0 saturated carbocycles. The van der Waals surface area contributed by atoms with Crippen molar-refractivity contribution in [3.8, 4) is 0 Å². The first kappa shape index (κ1) is 6.74. The molecule has 0 saturated heterocycles. The zero-order valence-electron chi connectivity index (χ0n) is 5.64. The second kappa shape index (κ2) is 2.10. The lowest BCUT2D eigenvalue weighted by atomic mass is 10.0. The van der Waals surface area contributed by atoms with E-state index in [0.717, 1.165) is 0 Å². The maximum atomic E-state index is 10.7. The van der Waals surface area contributed by atoms with E-state index in [2.05, 4.69) is 0 Å². The van der Waals surface area contributed by atoms with Gasteiger partial charge in [0.25, 0.3) is 0 Å². The molecule has 0 atom stereocenters. The Morgan fingerprint density at radius 3 is 2.60 bits per heavy atom. The van der Waals surface area contributed by atoms with E-state index in [-0.39, 0.29) is 11.5 Å². The number of ketones is 1. The Morgan fingerprint density at radius 2 is 2.10 bits per heavy atom. The van der Waals surface area contributed by atoms with E-state index >= 15 is 0 Å². The first-order valence-corrected chi connectivity index (χ1v) is 2.90. The van der Waals surface area contributed by atoms with Crippen molar-refractivity contribution in [2.24, 2.45) is 5.73 Å². The fourth-order valence-corrected chi connectivity index (χ4v) is 0.703. The van der Waals surface area contributed by atoms with Crippen LogP contribution in [0.4, 0.5) is 0 Å². The van der Waals surface area contributed by atoms with Crippen LogP contribution in [0.15, 0.2) is 23.4 Å². The highest BCUT2D eigenvalue weighted by atomic mass is 16.1. The quantitative estimate of drug-likeness (QED) is 0.473. The number of rotatable bonds is 0. The third-order valence-corrected chi connectivity index (χ3v) is 1.47. The van der Waals surface area contributed by atoms with Gasteiger partial charge in [0.2, 0.25) is 5.78 Å². The van der Waals surface area contributed by atoms with Crippen molar-refractivity contribution >= 4 is 11.5 Å². The fraction of sp³-hybridized carbons (Fsp3) is 0.143. The van der Waals surface area contributed by atoms with Gasteiger partial charge in [-0.15, -0.1) is 0 Å². The van der Waals surface area contributed by atoms with Gasteiger partial charge in [-0.25, -0.2) is 0 Å². The zero-order valence-corrected chi connectivity index (χ0v) is 5.64. The van der Waals surface area contributed by atoms with E-state index < -0.39 is 0 Å². The summed E-state index contributed by atoms with van der Waals surface area (Å²) >= 11 is 0.